The highest BCUT2D eigenvalue weighted by atomic mass is 79.9. The molecule has 29 heavy (non-hydrogen) atoms. The van der Waals surface area contributed by atoms with Gasteiger partial charge in [0, 0.05) is 15.6 Å². The van der Waals surface area contributed by atoms with Crippen molar-refractivity contribution in [2.24, 2.45) is 5.10 Å². The molecule has 0 aliphatic rings. The van der Waals surface area contributed by atoms with Crippen LogP contribution in [0, 0.1) is 0 Å². The molecule has 0 unspecified atom stereocenters. The summed E-state index contributed by atoms with van der Waals surface area (Å²) in [7, 11) is 0. The van der Waals surface area contributed by atoms with Crippen molar-refractivity contribution in [3.63, 3.8) is 0 Å². The van der Waals surface area contributed by atoms with E-state index in [1.165, 1.54) is 12.8 Å². The predicted octanol–water partition coefficient (Wildman–Crippen LogP) is 6.33. The van der Waals surface area contributed by atoms with Crippen LogP contribution < -0.4 is 10.2 Å². The Kier molecular flexibility index (Phi) is 7.82. The van der Waals surface area contributed by atoms with E-state index in [-0.39, 0.29) is 5.91 Å². The molecule has 0 atom stereocenters. The quantitative estimate of drug-likeness (QED) is 0.234. The Bertz CT molecular complexity index is 996. The average molecular weight is 453 g/mol. The van der Waals surface area contributed by atoms with Crippen molar-refractivity contribution in [1.82, 2.24) is 5.43 Å². The molecule has 0 saturated heterocycles. The third-order valence-corrected chi connectivity index (χ3v) is 5.12. The van der Waals surface area contributed by atoms with E-state index in [2.05, 4.69) is 33.4 Å². The van der Waals surface area contributed by atoms with Crippen LogP contribution in [0.2, 0.25) is 0 Å². The molecule has 0 radical (unpaired) electrons. The zero-order chi connectivity index (χ0) is 20.5. The second-order valence-corrected chi connectivity index (χ2v) is 7.73. The first-order valence-electron chi connectivity index (χ1n) is 9.92. The highest BCUT2D eigenvalue weighted by Gasteiger charge is 2.09. The number of nitrogens with one attached hydrogen (secondary N) is 1. The van der Waals surface area contributed by atoms with E-state index in [4.69, 9.17) is 4.74 Å². The maximum atomic E-state index is 12.6. The van der Waals surface area contributed by atoms with Gasteiger partial charge in [-0.1, -0.05) is 78.5 Å². The third-order valence-electron chi connectivity index (χ3n) is 4.63. The van der Waals surface area contributed by atoms with Gasteiger partial charge in [-0.15, -0.1) is 0 Å². The zero-order valence-corrected chi connectivity index (χ0v) is 18.1. The van der Waals surface area contributed by atoms with Gasteiger partial charge in [0.1, 0.15) is 5.75 Å². The van der Waals surface area contributed by atoms with Gasteiger partial charge >= 0.3 is 0 Å². The summed E-state index contributed by atoms with van der Waals surface area (Å²) < 4.78 is 6.84. The number of ether oxygens (including phenoxy) is 1. The summed E-state index contributed by atoms with van der Waals surface area (Å²) in [6.45, 7) is 2.86. The number of rotatable bonds is 9. The first kappa shape index (κ1) is 21.1. The van der Waals surface area contributed by atoms with Crippen LogP contribution in [0.1, 0.15) is 48.5 Å². The van der Waals surface area contributed by atoms with E-state index in [1.54, 1.807) is 12.3 Å². The fraction of sp³-hybridized carbons (Fsp3) is 0.250. The van der Waals surface area contributed by atoms with Crippen molar-refractivity contribution in [3.05, 3.63) is 76.3 Å². The number of benzene rings is 3. The van der Waals surface area contributed by atoms with E-state index >= 15 is 0 Å². The molecule has 0 aliphatic carbocycles. The Labute approximate surface area is 180 Å². The van der Waals surface area contributed by atoms with Gasteiger partial charge in [0.2, 0.25) is 0 Å². The van der Waals surface area contributed by atoms with Gasteiger partial charge in [0.05, 0.1) is 12.8 Å². The molecule has 3 rings (SSSR count). The summed E-state index contributed by atoms with van der Waals surface area (Å²) in [5, 5.41) is 6.09. The Hall–Kier alpha value is -2.66. The number of hydrogen-bond acceptors (Lipinski definition) is 3. The van der Waals surface area contributed by atoms with E-state index in [0.29, 0.717) is 12.2 Å². The molecule has 3 aromatic carbocycles. The Balaban J connectivity index is 1.67. The molecule has 4 nitrogen and oxygen atoms in total. The molecule has 0 bridgehead atoms. The molecule has 0 heterocycles. The van der Waals surface area contributed by atoms with Gasteiger partial charge in [-0.2, -0.15) is 5.10 Å². The smallest absolute Gasteiger partial charge is 0.271 e. The minimum Gasteiger partial charge on any atom is -0.493 e. The molecule has 0 fully saturated rings. The maximum absolute atomic E-state index is 12.6. The minimum absolute atomic E-state index is 0.241. The molecule has 150 valence electrons. The number of halogens is 1. The molecule has 5 heteroatoms. The highest BCUT2D eigenvalue weighted by molar-refractivity contribution is 9.10. The lowest BCUT2D eigenvalue weighted by atomic mass is 10.0. The van der Waals surface area contributed by atoms with Crippen molar-refractivity contribution in [2.45, 2.75) is 32.6 Å². The molecular weight excluding hydrogens is 428 g/mol. The second kappa shape index (κ2) is 10.8. The van der Waals surface area contributed by atoms with Crippen molar-refractivity contribution < 1.29 is 9.53 Å². The van der Waals surface area contributed by atoms with Crippen molar-refractivity contribution in [2.75, 3.05) is 6.61 Å². The van der Waals surface area contributed by atoms with E-state index in [0.717, 1.165) is 39.4 Å². The number of carbonyl (C=O) groups is 1. The number of amides is 1. The topological polar surface area (TPSA) is 50.7 Å². The summed E-state index contributed by atoms with van der Waals surface area (Å²) in [4.78, 5) is 12.6. The monoisotopic (exact) mass is 452 g/mol. The van der Waals surface area contributed by atoms with E-state index < -0.39 is 0 Å². The van der Waals surface area contributed by atoms with Gasteiger partial charge in [0.25, 0.3) is 5.91 Å². The highest BCUT2D eigenvalue weighted by Crippen LogP contribution is 2.22. The zero-order valence-electron chi connectivity index (χ0n) is 16.5. The SMILES string of the molecule is CCCCCCOc1ccc(Br)cc1/C=N/NC(=O)c1cccc2ccccc12. The minimum atomic E-state index is -0.241. The number of hydrazone groups is 1. The van der Waals surface area contributed by atoms with Crippen molar-refractivity contribution in [3.8, 4) is 5.75 Å². The number of nitrogens with zero attached hydrogens (tertiary/aromatic N) is 1. The number of carbonyl (C=O) groups excluding carboxylic acids is 1. The first-order valence-corrected chi connectivity index (χ1v) is 10.7. The molecule has 0 aromatic heterocycles. The van der Waals surface area contributed by atoms with Crippen LogP contribution in [0.25, 0.3) is 10.8 Å². The summed E-state index contributed by atoms with van der Waals surface area (Å²) >= 11 is 3.48. The molecular formula is C24H25BrN2O2. The van der Waals surface area contributed by atoms with Crippen molar-refractivity contribution >= 4 is 38.8 Å². The summed E-state index contributed by atoms with van der Waals surface area (Å²) in [6, 6.07) is 19.2. The van der Waals surface area contributed by atoms with Crippen LogP contribution in [0.5, 0.6) is 5.75 Å². The Morgan fingerprint density at radius 3 is 2.76 bits per heavy atom. The number of unbranched alkanes of at least 4 members (excludes halogenated alkanes) is 3. The van der Waals surface area contributed by atoms with E-state index in [1.807, 2.05) is 54.6 Å². The van der Waals surface area contributed by atoms with Gasteiger partial charge in [-0.3, -0.25) is 4.79 Å². The lowest BCUT2D eigenvalue weighted by Crippen LogP contribution is -2.18. The van der Waals surface area contributed by atoms with Gasteiger partial charge in [-0.05, 0) is 41.5 Å². The lowest BCUT2D eigenvalue weighted by molar-refractivity contribution is 0.0957. The largest absolute Gasteiger partial charge is 0.493 e. The standard InChI is InChI=1S/C24H25BrN2O2/c1-2-3-4-7-15-29-23-14-13-20(25)16-19(23)17-26-27-24(28)22-12-8-10-18-9-5-6-11-21(18)22/h5-6,8-14,16-17H,2-4,7,15H2,1H3,(H,27,28)/b26-17+. The van der Waals surface area contributed by atoms with Gasteiger partial charge in [-0.25, -0.2) is 5.43 Å². The van der Waals surface area contributed by atoms with Crippen molar-refractivity contribution in [1.29, 1.82) is 0 Å². The van der Waals surface area contributed by atoms with E-state index in [9.17, 15) is 4.79 Å². The molecule has 0 saturated carbocycles. The van der Waals surface area contributed by atoms with Crippen LogP contribution >= 0.6 is 15.9 Å². The molecule has 1 N–H and O–H groups in total. The fourth-order valence-corrected chi connectivity index (χ4v) is 3.49. The van der Waals surface area contributed by atoms with Crippen LogP contribution in [0.3, 0.4) is 0 Å². The molecule has 0 aliphatic heterocycles. The Morgan fingerprint density at radius 2 is 1.90 bits per heavy atom. The predicted molar refractivity (Wildman–Crippen MR) is 123 cm³/mol. The summed E-state index contributed by atoms with van der Waals surface area (Å²) in [6.07, 6.45) is 6.23. The fourth-order valence-electron chi connectivity index (χ4n) is 3.11. The van der Waals surface area contributed by atoms with Crippen LogP contribution in [-0.2, 0) is 0 Å². The summed E-state index contributed by atoms with van der Waals surface area (Å²) in [5.41, 5.74) is 4.04. The number of fused-ring (bicyclic) bond motifs is 1. The summed E-state index contributed by atoms with van der Waals surface area (Å²) in [5.74, 6) is 0.517. The van der Waals surface area contributed by atoms with Crippen LogP contribution in [-0.4, -0.2) is 18.7 Å². The third kappa shape index (κ3) is 5.91. The lowest BCUT2D eigenvalue weighted by Gasteiger charge is -2.09. The number of hydrogen-bond donors (Lipinski definition) is 1. The Morgan fingerprint density at radius 1 is 1.07 bits per heavy atom. The van der Waals surface area contributed by atoms with Gasteiger partial charge in [0.15, 0.2) is 0 Å². The molecule has 1 amide bonds. The van der Waals surface area contributed by atoms with Crippen LogP contribution in [0.4, 0.5) is 0 Å². The van der Waals surface area contributed by atoms with Crippen LogP contribution in [0.15, 0.2) is 70.2 Å². The molecule has 3 aromatic rings. The van der Waals surface area contributed by atoms with Gasteiger partial charge < -0.3 is 4.74 Å². The molecule has 0 spiro atoms. The average Bonchev–Trinajstić information content (AvgIpc) is 2.74. The second-order valence-electron chi connectivity index (χ2n) is 6.82. The normalized spacial score (nSPS) is 11.1. The maximum Gasteiger partial charge on any atom is 0.271 e. The first-order chi connectivity index (χ1) is 14.2.